The van der Waals surface area contributed by atoms with Gasteiger partial charge in [0.1, 0.15) is 29.3 Å². The molecule has 2 aromatic carbocycles. The van der Waals surface area contributed by atoms with Crippen LogP contribution < -0.4 is 10.6 Å². The first kappa shape index (κ1) is 33.8. The van der Waals surface area contributed by atoms with Crippen LogP contribution in [0.5, 0.6) is 0 Å². The number of nitrogens with zero attached hydrogens (tertiary/aromatic N) is 1. The minimum atomic E-state index is -1.41. The fourth-order valence-electron chi connectivity index (χ4n) is 3.99. The number of carbonyl (C=O) groups excluding carboxylic acids is 4. The predicted molar refractivity (Wildman–Crippen MR) is 158 cm³/mol. The number of esters is 1. The van der Waals surface area contributed by atoms with Gasteiger partial charge in [0.05, 0.1) is 6.61 Å². The molecule has 2 rings (SSSR count). The molecule has 0 aliphatic carbocycles. The number of alkyl carbamates (subject to hydrolysis) is 1. The van der Waals surface area contributed by atoms with Gasteiger partial charge in [-0.15, -0.1) is 6.42 Å². The van der Waals surface area contributed by atoms with Crippen LogP contribution in [-0.4, -0.2) is 70.8 Å². The van der Waals surface area contributed by atoms with E-state index in [-0.39, 0.29) is 6.42 Å². The van der Waals surface area contributed by atoms with Gasteiger partial charge in [-0.2, -0.15) is 0 Å². The van der Waals surface area contributed by atoms with E-state index < -0.39 is 59.8 Å². The van der Waals surface area contributed by atoms with Crippen LogP contribution in [0.1, 0.15) is 64.3 Å². The van der Waals surface area contributed by atoms with Crippen LogP contribution >= 0.6 is 0 Å². The van der Waals surface area contributed by atoms with E-state index in [4.69, 9.17) is 15.9 Å². The lowest BCUT2D eigenvalue weighted by molar-refractivity contribution is -0.159. The monoisotopic (exact) mass is 579 g/mol. The standard InChI is InChI=1S/C32H41N3O7/c1-9-21-15-17-23(18-16-21)26(35(8)28(38)25(20-36)34-30(40)42-32(5,6)7)27(37)33-24(29(39)41-31(2,3)4)19-22-13-11-10-12-14-22/h1,10-18,24-26,36H,19-20H2,2-8H3,(H,33,37)(H,34,40). The predicted octanol–water partition coefficient (Wildman–Crippen LogP) is 3.12. The second-order valence-electron chi connectivity index (χ2n) is 11.8. The first-order chi connectivity index (χ1) is 19.5. The van der Waals surface area contributed by atoms with Crippen molar-refractivity contribution < 1.29 is 33.8 Å². The number of nitrogens with one attached hydrogen (secondary N) is 2. The minimum Gasteiger partial charge on any atom is -0.458 e. The molecule has 0 bridgehead atoms. The van der Waals surface area contributed by atoms with Crippen LogP contribution in [0, 0.1) is 12.3 Å². The molecule has 10 nitrogen and oxygen atoms in total. The van der Waals surface area contributed by atoms with E-state index in [0.717, 1.165) is 10.5 Å². The summed E-state index contributed by atoms with van der Waals surface area (Å²) in [6, 6.07) is 11.8. The Morgan fingerprint density at radius 2 is 1.45 bits per heavy atom. The van der Waals surface area contributed by atoms with Crippen LogP contribution in [-0.2, 0) is 30.3 Å². The molecular weight excluding hydrogens is 538 g/mol. The number of rotatable bonds is 10. The third-order valence-electron chi connectivity index (χ3n) is 5.84. The molecule has 0 saturated heterocycles. The highest BCUT2D eigenvalue weighted by molar-refractivity contribution is 5.94. The minimum absolute atomic E-state index is 0.140. The molecule has 3 amide bonds. The highest BCUT2D eigenvalue weighted by Gasteiger charge is 2.36. The molecule has 42 heavy (non-hydrogen) atoms. The van der Waals surface area contributed by atoms with Crippen LogP contribution in [0.2, 0.25) is 0 Å². The van der Waals surface area contributed by atoms with Crippen molar-refractivity contribution in [1.82, 2.24) is 15.5 Å². The Kier molecular flexibility index (Phi) is 11.7. The number of ether oxygens (including phenoxy) is 2. The second kappa shape index (κ2) is 14.5. The van der Waals surface area contributed by atoms with E-state index in [0.29, 0.717) is 11.1 Å². The fourth-order valence-corrected chi connectivity index (χ4v) is 3.99. The zero-order valence-electron chi connectivity index (χ0n) is 25.3. The molecule has 0 radical (unpaired) electrons. The molecule has 2 aromatic rings. The summed E-state index contributed by atoms with van der Waals surface area (Å²) < 4.78 is 10.8. The van der Waals surface area contributed by atoms with Gasteiger partial charge in [0, 0.05) is 19.0 Å². The summed E-state index contributed by atoms with van der Waals surface area (Å²) in [4.78, 5) is 54.0. The van der Waals surface area contributed by atoms with Gasteiger partial charge < -0.3 is 30.1 Å². The molecule has 0 aliphatic rings. The van der Waals surface area contributed by atoms with Crippen molar-refractivity contribution in [3.63, 3.8) is 0 Å². The molecule has 0 spiro atoms. The zero-order chi connectivity index (χ0) is 31.7. The Bertz CT molecular complexity index is 1270. The second-order valence-corrected chi connectivity index (χ2v) is 11.8. The molecular formula is C32H41N3O7. The van der Waals surface area contributed by atoms with Gasteiger partial charge in [0.2, 0.25) is 11.8 Å². The van der Waals surface area contributed by atoms with E-state index in [1.54, 1.807) is 65.8 Å². The zero-order valence-corrected chi connectivity index (χ0v) is 25.3. The number of likely N-dealkylation sites (N-methyl/N-ethyl adjacent to an activating group) is 1. The van der Waals surface area contributed by atoms with Crippen molar-refractivity contribution in [2.75, 3.05) is 13.7 Å². The maximum Gasteiger partial charge on any atom is 0.408 e. The number of hydrogen-bond donors (Lipinski definition) is 3. The molecule has 0 fully saturated rings. The highest BCUT2D eigenvalue weighted by Crippen LogP contribution is 2.23. The van der Waals surface area contributed by atoms with Gasteiger partial charge in [-0.3, -0.25) is 9.59 Å². The normalized spacial score (nSPS) is 13.5. The Hall–Kier alpha value is -4.36. The summed E-state index contributed by atoms with van der Waals surface area (Å²) in [5.74, 6) is 0.415. The third kappa shape index (κ3) is 10.6. The largest absolute Gasteiger partial charge is 0.458 e. The molecule has 10 heteroatoms. The van der Waals surface area contributed by atoms with Gasteiger partial charge in [-0.05, 0) is 64.8 Å². The summed E-state index contributed by atoms with van der Waals surface area (Å²) >= 11 is 0. The Morgan fingerprint density at radius 3 is 1.95 bits per heavy atom. The molecule has 3 atom stereocenters. The smallest absolute Gasteiger partial charge is 0.408 e. The third-order valence-corrected chi connectivity index (χ3v) is 5.84. The average molecular weight is 580 g/mol. The summed E-state index contributed by atoms with van der Waals surface area (Å²) in [6.45, 7) is 9.40. The van der Waals surface area contributed by atoms with Gasteiger partial charge in [-0.25, -0.2) is 9.59 Å². The Morgan fingerprint density at radius 1 is 0.881 bits per heavy atom. The SMILES string of the molecule is C#Cc1ccc(C(C(=O)NC(Cc2ccccc2)C(=O)OC(C)(C)C)N(C)C(=O)C(CO)NC(=O)OC(C)(C)C)cc1. The van der Waals surface area contributed by atoms with E-state index in [9.17, 15) is 24.3 Å². The van der Waals surface area contributed by atoms with Crippen LogP contribution in [0.4, 0.5) is 4.79 Å². The molecule has 3 unspecified atom stereocenters. The quantitative estimate of drug-likeness (QED) is 0.291. The number of aliphatic hydroxyl groups excluding tert-OH is 1. The highest BCUT2D eigenvalue weighted by atomic mass is 16.6. The van der Waals surface area contributed by atoms with E-state index in [1.165, 1.54) is 7.05 Å². The van der Waals surface area contributed by atoms with Crippen LogP contribution in [0.25, 0.3) is 0 Å². The summed E-state index contributed by atoms with van der Waals surface area (Å²) in [5, 5.41) is 15.0. The lowest BCUT2D eigenvalue weighted by Crippen LogP contribution is -2.54. The molecule has 226 valence electrons. The lowest BCUT2D eigenvalue weighted by atomic mass is 10.0. The number of amides is 3. The molecule has 3 N–H and O–H groups in total. The van der Waals surface area contributed by atoms with Gasteiger partial charge in [0.25, 0.3) is 0 Å². The molecule has 0 aliphatic heterocycles. The van der Waals surface area contributed by atoms with Crippen molar-refractivity contribution in [1.29, 1.82) is 0 Å². The molecule has 0 aromatic heterocycles. The number of carbonyl (C=O) groups is 4. The van der Waals surface area contributed by atoms with Crippen molar-refractivity contribution in [2.45, 2.75) is 77.3 Å². The van der Waals surface area contributed by atoms with Crippen molar-refractivity contribution >= 4 is 23.9 Å². The average Bonchev–Trinajstić information content (AvgIpc) is 2.90. The lowest BCUT2D eigenvalue weighted by Gasteiger charge is -2.32. The number of aliphatic hydroxyl groups is 1. The first-order valence-corrected chi connectivity index (χ1v) is 13.6. The van der Waals surface area contributed by atoms with Crippen molar-refractivity contribution in [3.05, 3.63) is 71.3 Å². The Balaban J connectivity index is 2.44. The summed E-state index contributed by atoms with van der Waals surface area (Å²) in [5.41, 5.74) is 0.0852. The van der Waals surface area contributed by atoms with E-state index >= 15 is 0 Å². The summed E-state index contributed by atoms with van der Waals surface area (Å²) in [6.07, 6.45) is 4.72. The maximum absolute atomic E-state index is 13.9. The maximum atomic E-state index is 13.9. The fraction of sp³-hybridized carbons (Fsp3) is 0.438. The van der Waals surface area contributed by atoms with Gasteiger partial charge >= 0.3 is 12.1 Å². The van der Waals surface area contributed by atoms with E-state index in [1.807, 2.05) is 30.3 Å². The molecule has 0 heterocycles. The van der Waals surface area contributed by atoms with E-state index in [2.05, 4.69) is 16.6 Å². The molecule has 0 saturated carbocycles. The van der Waals surface area contributed by atoms with Crippen molar-refractivity contribution in [2.24, 2.45) is 0 Å². The van der Waals surface area contributed by atoms with Crippen molar-refractivity contribution in [3.8, 4) is 12.3 Å². The van der Waals surface area contributed by atoms with Gasteiger partial charge in [-0.1, -0.05) is 48.4 Å². The number of hydrogen-bond acceptors (Lipinski definition) is 7. The summed E-state index contributed by atoms with van der Waals surface area (Å²) in [7, 11) is 1.36. The Labute approximate surface area is 247 Å². The number of terminal acetylenes is 1. The first-order valence-electron chi connectivity index (χ1n) is 13.6. The van der Waals surface area contributed by atoms with Crippen LogP contribution in [0.15, 0.2) is 54.6 Å². The van der Waals surface area contributed by atoms with Crippen LogP contribution in [0.3, 0.4) is 0 Å². The topological polar surface area (TPSA) is 134 Å². The number of benzene rings is 2. The van der Waals surface area contributed by atoms with Gasteiger partial charge in [0.15, 0.2) is 0 Å².